The van der Waals surface area contributed by atoms with Crippen LogP contribution in [0.3, 0.4) is 0 Å². The Balaban J connectivity index is 1.66. The van der Waals surface area contributed by atoms with Crippen LogP contribution >= 0.6 is 23.1 Å². The first-order chi connectivity index (χ1) is 14.6. The molecule has 0 aliphatic heterocycles. The molecule has 0 aliphatic carbocycles. The summed E-state index contributed by atoms with van der Waals surface area (Å²) in [4.78, 5) is 23.0. The van der Waals surface area contributed by atoms with E-state index in [1.54, 1.807) is 22.7 Å². The van der Waals surface area contributed by atoms with Crippen molar-refractivity contribution in [3.63, 3.8) is 0 Å². The summed E-state index contributed by atoms with van der Waals surface area (Å²) in [5, 5.41) is 0.656. The monoisotopic (exact) mass is 445 g/mol. The standard InChI is InChI=1S/C23H28FN3OS2/c1-3-26(4-2)14-15-27(23-25-20-13-12-18(24)17-21(20)30-23)22(28)11-8-16-29-19-9-6-5-7-10-19/h5-7,9-10,12-13,17H,3-4,8,11,14-16H2,1-2H3. The first-order valence-electron chi connectivity index (χ1n) is 10.4. The Bertz CT molecular complexity index is 944. The van der Waals surface area contributed by atoms with Crippen molar-refractivity contribution in [1.82, 2.24) is 9.88 Å². The van der Waals surface area contributed by atoms with E-state index in [-0.39, 0.29) is 11.7 Å². The summed E-state index contributed by atoms with van der Waals surface area (Å²) in [6.07, 6.45) is 1.28. The van der Waals surface area contributed by atoms with Gasteiger partial charge >= 0.3 is 0 Å². The van der Waals surface area contributed by atoms with Crippen molar-refractivity contribution in [2.45, 2.75) is 31.6 Å². The Morgan fingerprint density at radius 2 is 1.87 bits per heavy atom. The molecule has 3 rings (SSSR count). The highest BCUT2D eigenvalue weighted by Crippen LogP contribution is 2.30. The summed E-state index contributed by atoms with van der Waals surface area (Å²) >= 11 is 3.15. The molecular weight excluding hydrogens is 417 g/mol. The Labute approximate surface area is 186 Å². The average molecular weight is 446 g/mol. The number of hydrogen-bond acceptors (Lipinski definition) is 5. The van der Waals surface area contributed by atoms with Gasteiger partial charge in [-0.2, -0.15) is 0 Å². The zero-order valence-electron chi connectivity index (χ0n) is 17.5. The molecule has 7 heteroatoms. The summed E-state index contributed by atoms with van der Waals surface area (Å²) < 4.78 is 14.4. The lowest BCUT2D eigenvalue weighted by Crippen LogP contribution is -2.38. The van der Waals surface area contributed by atoms with Gasteiger partial charge in [0, 0.05) is 24.4 Å². The molecule has 4 nitrogen and oxygen atoms in total. The zero-order chi connectivity index (χ0) is 21.3. The van der Waals surface area contributed by atoms with E-state index < -0.39 is 0 Å². The number of carbonyl (C=O) groups excluding carboxylic acids is 1. The van der Waals surface area contributed by atoms with Gasteiger partial charge in [-0.1, -0.05) is 43.4 Å². The molecule has 0 spiro atoms. The van der Waals surface area contributed by atoms with Gasteiger partial charge in [-0.05, 0) is 55.6 Å². The van der Waals surface area contributed by atoms with Crippen LogP contribution in [0.4, 0.5) is 9.52 Å². The summed E-state index contributed by atoms with van der Waals surface area (Å²) in [6.45, 7) is 7.51. The van der Waals surface area contributed by atoms with Gasteiger partial charge in [0.2, 0.25) is 5.91 Å². The van der Waals surface area contributed by atoms with Gasteiger partial charge in [-0.3, -0.25) is 9.69 Å². The number of likely N-dealkylation sites (N-methyl/N-ethyl adjacent to an activating group) is 1. The van der Waals surface area contributed by atoms with Crippen molar-refractivity contribution in [2.75, 3.05) is 36.8 Å². The number of carbonyl (C=O) groups is 1. The lowest BCUT2D eigenvalue weighted by Gasteiger charge is -2.24. The molecule has 0 aliphatic rings. The number of rotatable bonds is 11. The molecule has 1 amide bonds. The van der Waals surface area contributed by atoms with Gasteiger partial charge in [-0.15, -0.1) is 11.8 Å². The second-order valence-electron chi connectivity index (χ2n) is 6.95. The quantitative estimate of drug-likeness (QED) is 0.281. The molecule has 0 fully saturated rings. The lowest BCUT2D eigenvalue weighted by molar-refractivity contribution is -0.118. The summed E-state index contributed by atoms with van der Waals surface area (Å²) in [6, 6.07) is 14.8. The van der Waals surface area contributed by atoms with E-state index in [1.807, 2.05) is 18.2 Å². The van der Waals surface area contributed by atoms with E-state index in [0.717, 1.165) is 42.0 Å². The first kappa shape index (κ1) is 22.7. The molecule has 0 saturated carbocycles. The summed E-state index contributed by atoms with van der Waals surface area (Å²) in [7, 11) is 0. The molecular formula is C23H28FN3OS2. The van der Waals surface area contributed by atoms with Gasteiger partial charge in [0.05, 0.1) is 10.2 Å². The van der Waals surface area contributed by atoms with Crippen LogP contribution < -0.4 is 4.90 Å². The van der Waals surface area contributed by atoms with Gasteiger partial charge in [-0.25, -0.2) is 9.37 Å². The fraction of sp³-hybridized carbons (Fsp3) is 0.391. The molecule has 0 radical (unpaired) electrons. The third kappa shape index (κ3) is 6.27. The maximum atomic E-state index is 13.6. The van der Waals surface area contributed by atoms with E-state index in [9.17, 15) is 9.18 Å². The van der Waals surface area contributed by atoms with Crippen molar-refractivity contribution < 1.29 is 9.18 Å². The van der Waals surface area contributed by atoms with Gasteiger partial charge in [0.1, 0.15) is 5.82 Å². The molecule has 2 aromatic carbocycles. The highest BCUT2D eigenvalue weighted by molar-refractivity contribution is 7.99. The molecule has 1 heterocycles. The molecule has 0 unspecified atom stereocenters. The van der Waals surface area contributed by atoms with Crippen LogP contribution in [-0.2, 0) is 4.79 Å². The van der Waals surface area contributed by atoms with Crippen LogP contribution in [0.2, 0.25) is 0 Å². The molecule has 160 valence electrons. The van der Waals surface area contributed by atoms with Crippen molar-refractivity contribution >= 4 is 44.4 Å². The fourth-order valence-electron chi connectivity index (χ4n) is 3.18. The zero-order valence-corrected chi connectivity index (χ0v) is 19.1. The van der Waals surface area contributed by atoms with Crippen LogP contribution in [0.15, 0.2) is 53.4 Å². The maximum Gasteiger partial charge on any atom is 0.228 e. The molecule has 0 N–H and O–H groups in total. The number of fused-ring (bicyclic) bond motifs is 1. The van der Waals surface area contributed by atoms with E-state index in [1.165, 1.54) is 28.4 Å². The highest BCUT2D eigenvalue weighted by Gasteiger charge is 2.20. The Morgan fingerprint density at radius 1 is 1.10 bits per heavy atom. The SMILES string of the molecule is CCN(CC)CCN(C(=O)CCCSc1ccccc1)c1nc2ccc(F)cc2s1. The number of amides is 1. The van der Waals surface area contributed by atoms with Crippen molar-refractivity contribution in [2.24, 2.45) is 0 Å². The van der Waals surface area contributed by atoms with Crippen molar-refractivity contribution in [3.05, 3.63) is 54.3 Å². The van der Waals surface area contributed by atoms with Crippen LogP contribution in [0.5, 0.6) is 0 Å². The predicted molar refractivity (Wildman–Crippen MR) is 126 cm³/mol. The van der Waals surface area contributed by atoms with Crippen LogP contribution in [-0.4, -0.2) is 47.7 Å². The Hall–Kier alpha value is -1.96. The number of nitrogens with zero attached hydrogens (tertiary/aromatic N) is 3. The number of aromatic nitrogens is 1. The van der Waals surface area contributed by atoms with Gasteiger partial charge < -0.3 is 4.90 Å². The number of halogens is 1. The summed E-state index contributed by atoms with van der Waals surface area (Å²) in [5.41, 5.74) is 0.733. The smallest absolute Gasteiger partial charge is 0.228 e. The van der Waals surface area contributed by atoms with Crippen LogP contribution in [0, 0.1) is 5.82 Å². The average Bonchev–Trinajstić information content (AvgIpc) is 3.17. The Kier molecular flexibility index (Phi) is 8.66. The minimum atomic E-state index is -0.281. The van der Waals surface area contributed by atoms with E-state index in [0.29, 0.717) is 18.1 Å². The topological polar surface area (TPSA) is 36.4 Å². The first-order valence-corrected chi connectivity index (χ1v) is 12.2. The minimum absolute atomic E-state index is 0.0790. The van der Waals surface area contributed by atoms with Crippen molar-refractivity contribution in [3.8, 4) is 0 Å². The molecule has 0 saturated heterocycles. The van der Waals surface area contributed by atoms with E-state index in [4.69, 9.17) is 0 Å². The minimum Gasteiger partial charge on any atom is -0.302 e. The predicted octanol–water partition coefficient (Wildman–Crippen LogP) is 5.68. The third-order valence-electron chi connectivity index (χ3n) is 4.95. The van der Waals surface area contributed by atoms with Gasteiger partial charge in [0.15, 0.2) is 5.13 Å². The van der Waals surface area contributed by atoms with Gasteiger partial charge in [0.25, 0.3) is 0 Å². The third-order valence-corrected chi connectivity index (χ3v) is 7.09. The number of anilines is 1. The molecule has 0 atom stereocenters. The number of benzene rings is 2. The molecule has 1 aromatic heterocycles. The van der Waals surface area contributed by atoms with Crippen molar-refractivity contribution in [1.29, 1.82) is 0 Å². The van der Waals surface area contributed by atoms with E-state index in [2.05, 4.69) is 35.9 Å². The Morgan fingerprint density at radius 3 is 2.60 bits per heavy atom. The van der Waals surface area contributed by atoms with Crippen LogP contribution in [0.25, 0.3) is 10.2 Å². The lowest BCUT2D eigenvalue weighted by atomic mass is 10.3. The maximum absolute atomic E-state index is 13.6. The number of thiazole rings is 1. The molecule has 0 bridgehead atoms. The van der Waals surface area contributed by atoms with Crippen LogP contribution in [0.1, 0.15) is 26.7 Å². The number of hydrogen-bond donors (Lipinski definition) is 0. The molecule has 3 aromatic rings. The second kappa shape index (κ2) is 11.4. The largest absolute Gasteiger partial charge is 0.302 e. The van der Waals surface area contributed by atoms with E-state index >= 15 is 0 Å². The second-order valence-corrected chi connectivity index (χ2v) is 9.12. The summed E-state index contributed by atoms with van der Waals surface area (Å²) in [5.74, 6) is 0.692. The fourth-order valence-corrected chi connectivity index (χ4v) is 5.08. The normalized spacial score (nSPS) is 11.3. The highest BCUT2D eigenvalue weighted by atomic mass is 32.2. The molecule has 30 heavy (non-hydrogen) atoms. The number of thioether (sulfide) groups is 1.